The number of anilines is 2. The summed E-state index contributed by atoms with van der Waals surface area (Å²) in [4.78, 5) is 36.2. The maximum Gasteiger partial charge on any atom is 0.408 e. The Hall–Kier alpha value is -3.77. The summed E-state index contributed by atoms with van der Waals surface area (Å²) in [5.41, 5.74) is 2.61. The average molecular weight is 580 g/mol. The van der Waals surface area contributed by atoms with E-state index < -0.39 is 17.7 Å². The third-order valence-electron chi connectivity index (χ3n) is 7.16. The van der Waals surface area contributed by atoms with Gasteiger partial charge < -0.3 is 25.8 Å². The molecule has 0 radical (unpaired) electrons. The molecule has 2 atom stereocenters. The second-order valence-electron chi connectivity index (χ2n) is 11.5. The van der Waals surface area contributed by atoms with Gasteiger partial charge in [-0.15, -0.1) is 11.3 Å². The fourth-order valence-corrected chi connectivity index (χ4v) is 6.55. The van der Waals surface area contributed by atoms with Crippen LogP contribution in [0.3, 0.4) is 0 Å². The number of hydrogen-bond acceptors (Lipinski definition) is 9. The van der Waals surface area contributed by atoms with Crippen LogP contribution < -0.4 is 16.0 Å². The minimum atomic E-state index is -0.837. The zero-order chi connectivity index (χ0) is 29.0. The first-order chi connectivity index (χ1) is 19.7. The SMILES string of the molecule is CC(C)(C)OC(=O)NC(CCO)C(=O)NCCCC1CCc2c(sc3ncnc(Nc4ccc5[nH]ncc5c4)c23)C1. The molecule has 0 aliphatic heterocycles. The zero-order valence-corrected chi connectivity index (χ0v) is 24.4. The molecule has 218 valence electrons. The molecule has 5 rings (SSSR count). The lowest BCUT2D eigenvalue weighted by Crippen LogP contribution is -2.48. The number of benzene rings is 1. The van der Waals surface area contributed by atoms with Gasteiger partial charge in [0.05, 0.1) is 17.1 Å². The van der Waals surface area contributed by atoms with Crippen molar-refractivity contribution in [2.24, 2.45) is 5.92 Å². The van der Waals surface area contributed by atoms with Gasteiger partial charge in [-0.3, -0.25) is 9.89 Å². The molecule has 3 aromatic heterocycles. The van der Waals surface area contributed by atoms with Crippen LogP contribution in [0, 0.1) is 5.92 Å². The first-order valence-electron chi connectivity index (χ1n) is 14.0. The van der Waals surface area contributed by atoms with Crippen LogP contribution in [0.1, 0.15) is 56.9 Å². The van der Waals surface area contributed by atoms with E-state index in [2.05, 4.69) is 42.2 Å². The quantitative estimate of drug-likeness (QED) is 0.171. The minimum absolute atomic E-state index is 0.125. The molecular formula is C29H37N7O4S. The van der Waals surface area contributed by atoms with E-state index in [1.54, 1.807) is 38.4 Å². The van der Waals surface area contributed by atoms with Gasteiger partial charge in [0.1, 0.15) is 28.6 Å². The van der Waals surface area contributed by atoms with Crippen molar-refractivity contribution in [3.05, 3.63) is 41.2 Å². The lowest BCUT2D eigenvalue weighted by Gasteiger charge is -2.24. The topological polar surface area (TPSA) is 154 Å². The van der Waals surface area contributed by atoms with Gasteiger partial charge in [0, 0.05) is 29.1 Å². The predicted molar refractivity (Wildman–Crippen MR) is 159 cm³/mol. The number of H-pyrrole nitrogens is 1. The van der Waals surface area contributed by atoms with E-state index in [0.29, 0.717) is 12.5 Å². The minimum Gasteiger partial charge on any atom is -0.444 e. The molecule has 1 aliphatic carbocycles. The number of amides is 2. The second kappa shape index (κ2) is 12.4. The third kappa shape index (κ3) is 7.12. The number of aliphatic hydroxyl groups excluding tert-OH is 1. The Morgan fingerprint density at radius 1 is 1.27 bits per heavy atom. The summed E-state index contributed by atoms with van der Waals surface area (Å²) in [5, 5.41) is 27.5. The standard InChI is InChI=1S/C29H37N7O4S/c1-29(2,3)40-28(39)35-22(10-12-37)26(38)30-11-4-5-17-6-8-20-23(13-17)41-27-24(20)25(31-16-32-27)34-19-7-9-21-18(14-19)15-33-36-21/h7,9,14-17,22,37H,4-6,8,10-13H2,1-3H3,(H,30,38)(H,33,36)(H,35,39)(H,31,32,34). The Morgan fingerprint density at radius 2 is 2.12 bits per heavy atom. The summed E-state index contributed by atoms with van der Waals surface area (Å²) in [6.45, 7) is 5.57. The summed E-state index contributed by atoms with van der Waals surface area (Å²) >= 11 is 1.74. The number of alkyl carbamates (subject to hydrolysis) is 1. The normalized spacial score (nSPS) is 15.9. The Kier molecular flexibility index (Phi) is 8.69. The van der Waals surface area contributed by atoms with Crippen LogP contribution in [0.5, 0.6) is 0 Å². The molecular weight excluding hydrogens is 542 g/mol. The number of aromatic nitrogens is 4. The molecule has 4 aromatic rings. The Balaban J connectivity index is 1.15. The van der Waals surface area contributed by atoms with Crippen molar-refractivity contribution < 1.29 is 19.4 Å². The number of nitrogens with one attached hydrogen (secondary N) is 4. The zero-order valence-electron chi connectivity index (χ0n) is 23.6. The molecule has 11 nitrogen and oxygen atoms in total. The molecule has 0 bridgehead atoms. The monoisotopic (exact) mass is 579 g/mol. The van der Waals surface area contributed by atoms with Crippen LogP contribution in [-0.4, -0.2) is 62.1 Å². The highest BCUT2D eigenvalue weighted by atomic mass is 32.1. The number of hydrogen-bond donors (Lipinski definition) is 5. The van der Waals surface area contributed by atoms with Gasteiger partial charge in [0.15, 0.2) is 0 Å². The number of aryl methyl sites for hydroxylation is 1. The molecule has 2 amide bonds. The van der Waals surface area contributed by atoms with Gasteiger partial charge in [0.25, 0.3) is 0 Å². The van der Waals surface area contributed by atoms with Crippen LogP contribution >= 0.6 is 11.3 Å². The number of ether oxygens (including phenoxy) is 1. The number of carbonyl (C=O) groups is 2. The number of thiophene rings is 1. The van der Waals surface area contributed by atoms with Gasteiger partial charge in [-0.05, 0) is 89.0 Å². The molecule has 0 saturated heterocycles. The Bertz CT molecular complexity index is 1530. The van der Waals surface area contributed by atoms with Gasteiger partial charge >= 0.3 is 6.09 Å². The van der Waals surface area contributed by atoms with E-state index in [9.17, 15) is 14.7 Å². The summed E-state index contributed by atoms with van der Waals surface area (Å²) in [6, 6.07) is 5.24. The largest absolute Gasteiger partial charge is 0.444 e. The van der Waals surface area contributed by atoms with Crippen molar-refractivity contribution in [2.45, 2.75) is 70.9 Å². The van der Waals surface area contributed by atoms with Gasteiger partial charge in [-0.1, -0.05) is 0 Å². The maximum atomic E-state index is 12.6. The summed E-state index contributed by atoms with van der Waals surface area (Å²) in [7, 11) is 0. The number of aromatic amines is 1. The van der Waals surface area contributed by atoms with Crippen molar-refractivity contribution in [1.29, 1.82) is 0 Å². The molecule has 41 heavy (non-hydrogen) atoms. The van der Waals surface area contributed by atoms with E-state index in [-0.39, 0.29) is 18.9 Å². The Labute approximate surface area is 242 Å². The first kappa shape index (κ1) is 28.7. The highest BCUT2D eigenvalue weighted by Crippen LogP contribution is 2.41. The van der Waals surface area contributed by atoms with Gasteiger partial charge in [-0.2, -0.15) is 5.10 Å². The maximum absolute atomic E-state index is 12.6. The van der Waals surface area contributed by atoms with E-state index in [1.807, 2.05) is 18.3 Å². The van der Waals surface area contributed by atoms with Crippen molar-refractivity contribution in [3.8, 4) is 0 Å². The van der Waals surface area contributed by atoms with Crippen molar-refractivity contribution >= 4 is 56.0 Å². The summed E-state index contributed by atoms with van der Waals surface area (Å²) in [6.07, 6.45) is 7.71. The fourth-order valence-electron chi connectivity index (χ4n) is 5.25. The van der Waals surface area contributed by atoms with Crippen LogP contribution in [0.15, 0.2) is 30.7 Å². The van der Waals surface area contributed by atoms with Crippen molar-refractivity contribution in [1.82, 2.24) is 30.8 Å². The highest BCUT2D eigenvalue weighted by molar-refractivity contribution is 7.19. The summed E-state index contributed by atoms with van der Waals surface area (Å²) < 4.78 is 5.24. The molecule has 2 unspecified atom stereocenters. The smallest absolute Gasteiger partial charge is 0.408 e. The van der Waals surface area contributed by atoms with Crippen LogP contribution in [0.25, 0.3) is 21.1 Å². The number of rotatable bonds is 10. The number of carbonyl (C=O) groups excluding carboxylic acids is 2. The van der Waals surface area contributed by atoms with E-state index in [0.717, 1.165) is 64.7 Å². The molecule has 0 saturated carbocycles. The lowest BCUT2D eigenvalue weighted by atomic mass is 9.85. The van der Waals surface area contributed by atoms with Gasteiger partial charge in [0.2, 0.25) is 5.91 Å². The van der Waals surface area contributed by atoms with Crippen molar-refractivity contribution in [2.75, 3.05) is 18.5 Å². The predicted octanol–water partition coefficient (Wildman–Crippen LogP) is 4.59. The van der Waals surface area contributed by atoms with Crippen LogP contribution in [0.2, 0.25) is 0 Å². The first-order valence-corrected chi connectivity index (χ1v) is 14.9. The van der Waals surface area contributed by atoms with E-state index in [1.165, 1.54) is 10.4 Å². The molecule has 0 spiro atoms. The summed E-state index contributed by atoms with van der Waals surface area (Å²) in [5.74, 6) is 1.04. The average Bonchev–Trinajstić information content (AvgIpc) is 3.54. The van der Waals surface area contributed by atoms with E-state index >= 15 is 0 Å². The number of aliphatic hydroxyl groups is 1. The molecule has 1 aliphatic rings. The van der Waals surface area contributed by atoms with Crippen LogP contribution in [-0.2, 0) is 22.4 Å². The Morgan fingerprint density at radius 3 is 2.93 bits per heavy atom. The fraction of sp³-hybridized carbons (Fsp3) is 0.483. The number of fused-ring (bicyclic) bond motifs is 4. The third-order valence-corrected chi connectivity index (χ3v) is 8.33. The molecule has 1 aromatic carbocycles. The molecule has 3 heterocycles. The second-order valence-corrected chi connectivity index (χ2v) is 12.5. The van der Waals surface area contributed by atoms with Crippen LogP contribution in [0.4, 0.5) is 16.3 Å². The van der Waals surface area contributed by atoms with Crippen molar-refractivity contribution in [3.63, 3.8) is 0 Å². The molecule has 5 N–H and O–H groups in total. The highest BCUT2D eigenvalue weighted by Gasteiger charge is 2.26. The molecule has 0 fully saturated rings. The van der Waals surface area contributed by atoms with Gasteiger partial charge in [-0.25, -0.2) is 14.8 Å². The van der Waals surface area contributed by atoms with E-state index in [4.69, 9.17) is 4.74 Å². The number of nitrogens with zero attached hydrogens (tertiary/aromatic N) is 3. The lowest BCUT2D eigenvalue weighted by molar-refractivity contribution is -0.123. The molecule has 12 heteroatoms.